The molecule has 2 heteroatoms. The summed E-state index contributed by atoms with van der Waals surface area (Å²) in [6.07, 6.45) is 5.44. The Morgan fingerprint density at radius 1 is 1.20 bits per heavy atom. The minimum Gasteiger partial charge on any atom is -0.342 e. The molecule has 0 atom stereocenters. The number of hydrogen-bond acceptors (Lipinski definition) is 0. The maximum atomic E-state index is 3.91. The van der Waals surface area contributed by atoms with Crippen molar-refractivity contribution in [1.29, 1.82) is 0 Å². The molecule has 1 aliphatic carbocycles. The Kier molecular flexibility index (Phi) is 6.90. The monoisotopic (exact) mass is 254 g/mol. The van der Waals surface area contributed by atoms with Gasteiger partial charge in [-0.25, -0.2) is 6.07 Å². The largest absolute Gasteiger partial charge is 2.00 e. The van der Waals surface area contributed by atoms with Crippen LogP contribution >= 0.6 is 0 Å². The van der Waals surface area contributed by atoms with Gasteiger partial charge in [0, 0.05) is 0 Å². The Hall–Kier alpha value is 0.281. The van der Waals surface area contributed by atoms with Crippen molar-refractivity contribution in [3.8, 4) is 0 Å². The first-order valence-corrected chi connectivity index (χ1v) is 9.26. The Morgan fingerprint density at radius 3 is 2.27 bits per heavy atom. The molecule has 0 saturated heterocycles. The van der Waals surface area contributed by atoms with E-state index in [4.69, 9.17) is 0 Å². The van der Waals surface area contributed by atoms with Gasteiger partial charge >= 0.3 is 21.7 Å². The molecule has 1 aromatic rings. The van der Waals surface area contributed by atoms with Crippen molar-refractivity contribution in [1.82, 2.24) is 0 Å². The van der Waals surface area contributed by atoms with E-state index in [1.807, 2.05) is 0 Å². The summed E-state index contributed by atoms with van der Waals surface area (Å²) in [7, 11) is -0.861. The second kappa shape index (κ2) is 6.78. The molecule has 82 valence electrons. The molecule has 0 aliphatic heterocycles. The number of rotatable bonds is 0. The molecule has 2 rings (SSSR count). The van der Waals surface area contributed by atoms with Gasteiger partial charge in [-0.05, 0) is 0 Å². The average Bonchev–Trinajstić information content (AvgIpc) is 2.47. The first-order chi connectivity index (χ1) is 6.47. The average molecular weight is 254 g/mol. The van der Waals surface area contributed by atoms with Crippen molar-refractivity contribution >= 4 is 8.07 Å². The van der Waals surface area contributed by atoms with Crippen molar-refractivity contribution < 1.29 is 21.7 Å². The van der Waals surface area contributed by atoms with Crippen LogP contribution in [-0.4, -0.2) is 8.07 Å². The molecule has 0 heterocycles. The van der Waals surface area contributed by atoms with Crippen molar-refractivity contribution in [2.45, 2.75) is 45.3 Å². The molecule has 15 heavy (non-hydrogen) atoms. The smallest absolute Gasteiger partial charge is 0.342 e. The summed E-state index contributed by atoms with van der Waals surface area (Å²) < 4.78 is 0. The molecule has 0 aromatic heterocycles. The van der Waals surface area contributed by atoms with Gasteiger partial charge in [0.25, 0.3) is 0 Å². The summed E-state index contributed by atoms with van der Waals surface area (Å²) >= 11 is 0. The van der Waals surface area contributed by atoms with Crippen LogP contribution in [0.2, 0.25) is 19.6 Å². The van der Waals surface area contributed by atoms with Gasteiger partial charge in [-0.2, -0.15) is 23.3 Å². The normalized spacial score (nSPS) is 14.4. The molecule has 0 amide bonds. The zero-order valence-corrected chi connectivity index (χ0v) is 12.8. The molecule has 0 spiro atoms. The minimum atomic E-state index is -0.861. The topological polar surface area (TPSA) is 0 Å². The van der Waals surface area contributed by atoms with E-state index in [0.717, 1.165) is 0 Å². The van der Waals surface area contributed by atoms with E-state index in [2.05, 4.69) is 44.4 Å². The summed E-state index contributed by atoms with van der Waals surface area (Å²) in [4.78, 5) is 0. The summed E-state index contributed by atoms with van der Waals surface area (Å²) in [5.74, 6) is 0. The Morgan fingerprint density at radius 2 is 1.73 bits per heavy atom. The van der Waals surface area contributed by atoms with E-state index < -0.39 is 8.07 Å². The van der Waals surface area contributed by atoms with Crippen LogP contribution in [0.5, 0.6) is 0 Å². The molecular weight excluding hydrogens is 232 g/mol. The molecule has 0 saturated carbocycles. The summed E-state index contributed by atoms with van der Waals surface area (Å²) in [6, 6.07) is 6.69. The van der Waals surface area contributed by atoms with Crippen LogP contribution in [0.25, 0.3) is 0 Å². The standard InChI is InChI=1S/C9H11.C4H11Si.Ti/c1-2-5-9-7-3-6-8(9)4-1;1-5(2,3)4;/h3,6-7H,1-2,4-5H2;1H2,2-4H3;/q2*-1;+2. The molecule has 0 bridgehead atoms. The van der Waals surface area contributed by atoms with Crippen LogP contribution in [0.15, 0.2) is 18.2 Å². The minimum absolute atomic E-state index is 0. The zero-order chi connectivity index (χ0) is 10.6. The van der Waals surface area contributed by atoms with E-state index >= 15 is 0 Å². The van der Waals surface area contributed by atoms with Crippen LogP contribution < -0.4 is 0 Å². The number of hydrogen-bond donors (Lipinski definition) is 0. The van der Waals surface area contributed by atoms with E-state index in [1.165, 1.54) is 25.7 Å². The molecule has 0 N–H and O–H groups in total. The maximum absolute atomic E-state index is 3.91. The fraction of sp³-hybridized carbons (Fsp3) is 0.538. The SMILES string of the molecule is [CH2-][Si](C)(C)C.[Ti+2].c1cc2c([cH-]1)CCCC2. The van der Waals surface area contributed by atoms with Crippen LogP contribution in [0.4, 0.5) is 0 Å². The Labute approximate surface area is 111 Å². The van der Waals surface area contributed by atoms with Gasteiger partial charge in [0.2, 0.25) is 0 Å². The molecule has 1 aromatic carbocycles. The predicted molar refractivity (Wildman–Crippen MR) is 67.4 cm³/mol. The van der Waals surface area contributed by atoms with Gasteiger partial charge < -0.3 is 6.55 Å². The zero-order valence-electron chi connectivity index (χ0n) is 10.3. The van der Waals surface area contributed by atoms with Crippen LogP contribution in [-0.2, 0) is 34.6 Å². The van der Waals surface area contributed by atoms with E-state index in [1.54, 1.807) is 11.1 Å². The van der Waals surface area contributed by atoms with Crippen molar-refractivity contribution in [2.75, 3.05) is 0 Å². The third-order valence-electron chi connectivity index (χ3n) is 2.15. The summed E-state index contributed by atoms with van der Waals surface area (Å²) in [6.45, 7) is 10.6. The quantitative estimate of drug-likeness (QED) is 0.485. The molecular formula is C13H22SiTi. The van der Waals surface area contributed by atoms with E-state index in [0.29, 0.717) is 0 Å². The van der Waals surface area contributed by atoms with E-state index in [9.17, 15) is 0 Å². The Bertz CT molecular complexity index is 244. The molecule has 0 radical (unpaired) electrons. The summed E-state index contributed by atoms with van der Waals surface area (Å²) in [5.41, 5.74) is 3.20. The van der Waals surface area contributed by atoms with Gasteiger partial charge in [0.05, 0.1) is 0 Å². The van der Waals surface area contributed by atoms with Gasteiger partial charge in [-0.3, -0.25) is 0 Å². The van der Waals surface area contributed by atoms with Gasteiger partial charge in [-0.15, -0.1) is 8.07 Å². The Balaban J connectivity index is 0.000000289. The van der Waals surface area contributed by atoms with Crippen LogP contribution in [0, 0.1) is 6.55 Å². The van der Waals surface area contributed by atoms with Gasteiger partial charge in [0.1, 0.15) is 0 Å². The van der Waals surface area contributed by atoms with Gasteiger partial charge in [-0.1, -0.05) is 45.3 Å². The fourth-order valence-electron chi connectivity index (χ4n) is 1.61. The van der Waals surface area contributed by atoms with Crippen molar-refractivity contribution in [2.24, 2.45) is 0 Å². The number of fused-ring (bicyclic) bond motifs is 1. The van der Waals surface area contributed by atoms with Crippen LogP contribution in [0.1, 0.15) is 24.0 Å². The van der Waals surface area contributed by atoms with Crippen molar-refractivity contribution in [3.63, 3.8) is 0 Å². The first-order valence-electron chi connectivity index (χ1n) is 5.55. The predicted octanol–water partition coefficient (Wildman–Crippen LogP) is 3.98. The molecule has 0 fully saturated rings. The van der Waals surface area contributed by atoms with Gasteiger partial charge in [0.15, 0.2) is 0 Å². The second-order valence-electron chi connectivity index (χ2n) is 5.34. The molecule has 1 aliphatic rings. The summed E-state index contributed by atoms with van der Waals surface area (Å²) in [5, 5.41) is 0. The maximum Gasteiger partial charge on any atom is 2.00 e. The first kappa shape index (κ1) is 15.3. The number of aryl methyl sites for hydroxylation is 2. The second-order valence-corrected chi connectivity index (χ2v) is 10.5. The molecule has 0 nitrogen and oxygen atoms in total. The third-order valence-corrected chi connectivity index (χ3v) is 2.15. The molecule has 0 unspecified atom stereocenters. The fourth-order valence-corrected chi connectivity index (χ4v) is 1.61. The van der Waals surface area contributed by atoms with Crippen LogP contribution in [0.3, 0.4) is 0 Å². The van der Waals surface area contributed by atoms with Crippen molar-refractivity contribution in [3.05, 3.63) is 35.9 Å². The third kappa shape index (κ3) is 7.21. The van der Waals surface area contributed by atoms with E-state index in [-0.39, 0.29) is 21.7 Å².